The summed E-state index contributed by atoms with van der Waals surface area (Å²) in [6, 6.07) is 22.5. The van der Waals surface area contributed by atoms with E-state index in [1.54, 1.807) is 0 Å². The van der Waals surface area contributed by atoms with Crippen molar-refractivity contribution in [3.63, 3.8) is 0 Å². The largest absolute Gasteiger partial charge is 0.371 e. The van der Waals surface area contributed by atoms with Crippen LogP contribution in [0.2, 0.25) is 0 Å². The molecule has 0 radical (unpaired) electrons. The summed E-state index contributed by atoms with van der Waals surface area (Å²) in [5.74, 6) is 1.59. The average Bonchev–Trinajstić information content (AvgIpc) is 3.39. The van der Waals surface area contributed by atoms with Gasteiger partial charge >= 0.3 is 0 Å². The lowest BCUT2D eigenvalue weighted by Gasteiger charge is -2.22. The molecule has 2 aliphatic rings. The van der Waals surface area contributed by atoms with Crippen LogP contribution >= 0.6 is 0 Å². The second-order valence-corrected chi connectivity index (χ2v) is 8.73. The molecular weight excluding hydrogens is 370 g/mol. The number of nitrogens with one attached hydrogen (secondary N) is 2. The van der Waals surface area contributed by atoms with Gasteiger partial charge in [0.1, 0.15) is 0 Å². The highest BCUT2D eigenvalue weighted by molar-refractivity contribution is 5.80. The summed E-state index contributed by atoms with van der Waals surface area (Å²) in [4.78, 5) is 9.54. The Bertz CT molecular complexity index is 807. The van der Waals surface area contributed by atoms with E-state index in [2.05, 4.69) is 93.0 Å². The van der Waals surface area contributed by atoms with Crippen LogP contribution in [-0.2, 0) is 6.54 Å². The van der Waals surface area contributed by atoms with Crippen LogP contribution in [0.5, 0.6) is 0 Å². The molecule has 5 heteroatoms. The standard InChI is InChI=1S/C25H35N5/c1-20-15-23(19-30(20)17-21-9-5-3-6-10-21)28-25(26-2)27-16-22-13-14-29(18-22)24-11-7-4-8-12-24/h3-12,20,22-23H,13-19H2,1-2H3,(H2,26,27,28). The number of likely N-dealkylation sites (tertiary alicyclic amines) is 1. The number of guanidine groups is 1. The minimum absolute atomic E-state index is 0.444. The molecule has 0 aromatic heterocycles. The zero-order valence-electron chi connectivity index (χ0n) is 18.3. The summed E-state index contributed by atoms with van der Waals surface area (Å²) in [6.45, 7) is 7.62. The first kappa shape index (κ1) is 20.7. The molecule has 2 N–H and O–H groups in total. The molecule has 0 aliphatic carbocycles. The number of anilines is 1. The molecule has 2 fully saturated rings. The second kappa shape index (κ2) is 9.98. The van der Waals surface area contributed by atoms with Crippen molar-refractivity contribution in [3.8, 4) is 0 Å². The van der Waals surface area contributed by atoms with Crippen LogP contribution in [0.1, 0.15) is 25.3 Å². The summed E-state index contributed by atoms with van der Waals surface area (Å²) in [7, 11) is 1.88. The Balaban J connectivity index is 1.22. The highest BCUT2D eigenvalue weighted by Gasteiger charge is 2.30. The number of nitrogens with zero attached hydrogens (tertiary/aromatic N) is 3. The Kier molecular flexibility index (Phi) is 6.90. The van der Waals surface area contributed by atoms with E-state index in [-0.39, 0.29) is 0 Å². The third-order valence-electron chi connectivity index (χ3n) is 6.46. The van der Waals surface area contributed by atoms with E-state index in [9.17, 15) is 0 Å². The smallest absolute Gasteiger partial charge is 0.191 e. The lowest BCUT2D eigenvalue weighted by atomic mass is 10.1. The van der Waals surface area contributed by atoms with E-state index in [0.717, 1.165) is 45.1 Å². The van der Waals surface area contributed by atoms with Gasteiger partial charge in [0.15, 0.2) is 5.96 Å². The molecule has 2 aliphatic heterocycles. The minimum atomic E-state index is 0.444. The first-order valence-electron chi connectivity index (χ1n) is 11.3. The molecule has 0 saturated carbocycles. The van der Waals surface area contributed by atoms with Crippen molar-refractivity contribution in [2.24, 2.45) is 10.9 Å². The predicted molar refractivity (Wildman–Crippen MR) is 126 cm³/mol. The normalized spacial score (nSPS) is 24.9. The molecule has 2 aromatic carbocycles. The van der Waals surface area contributed by atoms with E-state index in [1.165, 1.54) is 17.7 Å². The summed E-state index contributed by atoms with van der Waals surface area (Å²) >= 11 is 0. The van der Waals surface area contributed by atoms with Gasteiger partial charge in [0, 0.05) is 57.5 Å². The van der Waals surface area contributed by atoms with Crippen LogP contribution in [0.15, 0.2) is 65.7 Å². The number of benzene rings is 2. The van der Waals surface area contributed by atoms with Crippen molar-refractivity contribution in [3.05, 3.63) is 66.2 Å². The molecule has 0 amide bonds. The van der Waals surface area contributed by atoms with E-state index in [0.29, 0.717) is 18.0 Å². The van der Waals surface area contributed by atoms with Gasteiger partial charge in [0.05, 0.1) is 0 Å². The Morgan fingerprint density at radius 3 is 2.50 bits per heavy atom. The van der Waals surface area contributed by atoms with Crippen molar-refractivity contribution in [1.29, 1.82) is 0 Å². The molecule has 30 heavy (non-hydrogen) atoms. The monoisotopic (exact) mass is 405 g/mol. The van der Waals surface area contributed by atoms with Gasteiger partial charge in [0.25, 0.3) is 0 Å². The highest BCUT2D eigenvalue weighted by Crippen LogP contribution is 2.23. The van der Waals surface area contributed by atoms with Crippen molar-refractivity contribution in [2.45, 2.75) is 38.4 Å². The fourth-order valence-corrected chi connectivity index (χ4v) is 4.74. The topological polar surface area (TPSA) is 42.9 Å². The fraction of sp³-hybridized carbons (Fsp3) is 0.480. The van der Waals surface area contributed by atoms with Gasteiger partial charge < -0.3 is 15.5 Å². The van der Waals surface area contributed by atoms with Crippen molar-refractivity contribution in [2.75, 3.05) is 38.1 Å². The lowest BCUT2D eigenvalue weighted by Crippen LogP contribution is -2.46. The van der Waals surface area contributed by atoms with Gasteiger partial charge in [-0.15, -0.1) is 0 Å². The summed E-state index contributed by atoms with van der Waals surface area (Å²) < 4.78 is 0. The molecule has 0 bridgehead atoms. The average molecular weight is 406 g/mol. The Morgan fingerprint density at radius 1 is 1.03 bits per heavy atom. The highest BCUT2D eigenvalue weighted by atomic mass is 15.3. The van der Waals surface area contributed by atoms with Crippen LogP contribution in [0.25, 0.3) is 0 Å². The molecule has 4 rings (SSSR count). The van der Waals surface area contributed by atoms with E-state index in [1.807, 2.05) is 7.05 Å². The molecule has 5 nitrogen and oxygen atoms in total. The molecule has 0 spiro atoms. The maximum Gasteiger partial charge on any atom is 0.191 e. The first-order chi connectivity index (χ1) is 14.7. The van der Waals surface area contributed by atoms with Gasteiger partial charge in [-0.05, 0) is 43.4 Å². The van der Waals surface area contributed by atoms with E-state index < -0.39 is 0 Å². The maximum absolute atomic E-state index is 4.49. The molecule has 3 atom stereocenters. The third-order valence-corrected chi connectivity index (χ3v) is 6.46. The predicted octanol–water partition coefficient (Wildman–Crippen LogP) is 3.34. The van der Waals surface area contributed by atoms with Crippen molar-refractivity contribution in [1.82, 2.24) is 15.5 Å². The molecular formula is C25H35N5. The molecule has 2 saturated heterocycles. The lowest BCUT2D eigenvalue weighted by molar-refractivity contribution is 0.258. The minimum Gasteiger partial charge on any atom is -0.371 e. The zero-order valence-corrected chi connectivity index (χ0v) is 18.3. The molecule has 2 aromatic rings. The van der Waals surface area contributed by atoms with Crippen LogP contribution in [0.4, 0.5) is 5.69 Å². The second-order valence-electron chi connectivity index (χ2n) is 8.73. The number of hydrogen-bond donors (Lipinski definition) is 2. The Morgan fingerprint density at radius 2 is 1.77 bits per heavy atom. The maximum atomic E-state index is 4.49. The Labute approximate surface area is 181 Å². The molecule has 3 unspecified atom stereocenters. The number of rotatable bonds is 6. The van der Waals surface area contributed by atoms with Gasteiger partial charge in [0.2, 0.25) is 0 Å². The van der Waals surface area contributed by atoms with Gasteiger partial charge in [-0.3, -0.25) is 9.89 Å². The number of para-hydroxylation sites is 1. The first-order valence-corrected chi connectivity index (χ1v) is 11.3. The quantitative estimate of drug-likeness (QED) is 0.571. The SMILES string of the molecule is CN=C(NCC1CCN(c2ccccc2)C1)NC1CC(C)N(Cc2ccccc2)C1. The fourth-order valence-electron chi connectivity index (χ4n) is 4.74. The van der Waals surface area contributed by atoms with Gasteiger partial charge in [-0.1, -0.05) is 48.5 Å². The van der Waals surface area contributed by atoms with Crippen molar-refractivity contribution >= 4 is 11.6 Å². The van der Waals surface area contributed by atoms with Crippen LogP contribution in [-0.4, -0.2) is 56.2 Å². The van der Waals surface area contributed by atoms with E-state index in [4.69, 9.17) is 0 Å². The van der Waals surface area contributed by atoms with E-state index >= 15 is 0 Å². The molecule has 160 valence electrons. The van der Waals surface area contributed by atoms with Gasteiger partial charge in [-0.25, -0.2) is 0 Å². The van der Waals surface area contributed by atoms with Crippen molar-refractivity contribution < 1.29 is 0 Å². The Hall–Kier alpha value is -2.53. The molecule has 2 heterocycles. The summed E-state index contributed by atoms with van der Waals surface area (Å²) in [5, 5.41) is 7.25. The summed E-state index contributed by atoms with van der Waals surface area (Å²) in [6.07, 6.45) is 2.38. The number of aliphatic imine (C=N–C) groups is 1. The number of hydrogen-bond acceptors (Lipinski definition) is 3. The third kappa shape index (κ3) is 5.33. The summed E-state index contributed by atoms with van der Waals surface area (Å²) in [5.41, 5.74) is 2.72. The van der Waals surface area contributed by atoms with Crippen LogP contribution < -0.4 is 15.5 Å². The van der Waals surface area contributed by atoms with Crippen LogP contribution in [0, 0.1) is 5.92 Å². The zero-order chi connectivity index (χ0) is 20.8. The van der Waals surface area contributed by atoms with Crippen LogP contribution in [0.3, 0.4) is 0 Å². The van der Waals surface area contributed by atoms with Gasteiger partial charge in [-0.2, -0.15) is 0 Å².